The number of nitrogens with zero attached hydrogens (tertiary/aromatic N) is 2. The molecular formula is C19H17F3N4O2S. The van der Waals surface area contributed by atoms with Crippen LogP contribution in [0.4, 0.5) is 18.9 Å². The van der Waals surface area contributed by atoms with Gasteiger partial charge in [0.05, 0.1) is 5.69 Å². The highest BCUT2D eigenvalue weighted by molar-refractivity contribution is 7.98. The molecule has 1 aromatic heterocycles. The third-order valence-electron chi connectivity index (χ3n) is 3.76. The minimum Gasteiger partial charge on any atom is -0.482 e. The third-order valence-corrected chi connectivity index (χ3v) is 4.71. The molecule has 152 valence electrons. The summed E-state index contributed by atoms with van der Waals surface area (Å²) in [4.78, 5) is 16.5. The number of hydrogen-bond donors (Lipinski definition) is 2. The van der Waals surface area contributed by atoms with Crippen molar-refractivity contribution >= 4 is 23.4 Å². The van der Waals surface area contributed by atoms with E-state index in [0.717, 1.165) is 5.56 Å². The average molecular weight is 422 g/mol. The van der Waals surface area contributed by atoms with E-state index in [1.165, 1.54) is 30.2 Å². The first-order valence-electron chi connectivity index (χ1n) is 8.49. The molecule has 0 unspecified atom stereocenters. The molecule has 0 bridgehead atoms. The average Bonchev–Trinajstić information content (AvgIpc) is 3.20. The van der Waals surface area contributed by atoms with Gasteiger partial charge in [0.25, 0.3) is 5.91 Å². The summed E-state index contributed by atoms with van der Waals surface area (Å²) < 4.78 is 42.3. The van der Waals surface area contributed by atoms with Crippen LogP contribution in [0.25, 0.3) is 0 Å². The van der Waals surface area contributed by atoms with Gasteiger partial charge in [-0.15, -0.1) is 0 Å². The Hall–Kier alpha value is -3.01. The standard InChI is InChI=1S/C19H17F3N4O2S/c1-12-2-7-15(16(8-12)28-10-19(20,21)22)25-17(27)14-5-3-13(4-6-14)9-29-18-23-11-24-26-18/h2-8,11H,9-10H2,1H3,(H,25,27)(H,23,24,26). The second-order valence-corrected chi connectivity index (χ2v) is 7.10. The number of anilines is 1. The Morgan fingerprint density at radius 1 is 1.21 bits per heavy atom. The Morgan fingerprint density at radius 3 is 2.62 bits per heavy atom. The van der Waals surface area contributed by atoms with Gasteiger partial charge in [0.1, 0.15) is 12.1 Å². The summed E-state index contributed by atoms with van der Waals surface area (Å²) in [6.07, 6.45) is -3.04. The minimum absolute atomic E-state index is 0.0317. The van der Waals surface area contributed by atoms with E-state index in [1.807, 2.05) is 0 Å². The molecular weight excluding hydrogens is 405 g/mol. The Bertz CT molecular complexity index is 961. The molecule has 3 aromatic rings. The zero-order valence-electron chi connectivity index (χ0n) is 15.3. The van der Waals surface area contributed by atoms with Gasteiger partial charge < -0.3 is 10.1 Å². The van der Waals surface area contributed by atoms with Gasteiger partial charge in [0.15, 0.2) is 11.8 Å². The van der Waals surface area contributed by atoms with Crippen LogP contribution >= 0.6 is 11.8 Å². The molecule has 29 heavy (non-hydrogen) atoms. The predicted molar refractivity (Wildman–Crippen MR) is 103 cm³/mol. The van der Waals surface area contributed by atoms with Crippen molar-refractivity contribution in [2.45, 2.75) is 24.0 Å². The van der Waals surface area contributed by atoms with Crippen molar-refractivity contribution in [1.29, 1.82) is 0 Å². The molecule has 1 heterocycles. The van der Waals surface area contributed by atoms with Crippen molar-refractivity contribution in [1.82, 2.24) is 15.2 Å². The van der Waals surface area contributed by atoms with Gasteiger partial charge in [-0.05, 0) is 42.3 Å². The number of aryl methyl sites for hydroxylation is 1. The number of thioether (sulfide) groups is 1. The first-order valence-corrected chi connectivity index (χ1v) is 9.47. The topological polar surface area (TPSA) is 79.9 Å². The van der Waals surface area contributed by atoms with Crippen LogP contribution in [0.1, 0.15) is 21.5 Å². The molecule has 0 fully saturated rings. The van der Waals surface area contributed by atoms with E-state index >= 15 is 0 Å². The Labute approximate surface area is 168 Å². The van der Waals surface area contributed by atoms with Crippen LogP contribution in [0, 0.1) is 6.92 Å². The van der Waals surface area contributed by atoms with Crippen LogP contribution < -0.4 is 10.1 Å². The maximum Gasteiger partial charge on any atom is 0.422 e. The number of alkyl halides is 3. The largest absolute Gasteiger partial charge is 0.482 e. The van der Waals surface area contributed by atoms with Crippen LogP contribution in [0.2, 0.25) is 0 Å². The second kappa shape index (κ2) is 8.99. The SMILES string of the molecule is Cc1ccc(NC(=O)c2ccc(CSc3ncn[nH]3)cc2)c(OCC(F)(F)F)c1. The van der Waals surface area contributed by atoms with Gasteiger partial charge in [-0.2, -0.15) is 18.3 Å². The fourth-order valence-corrected chi connectivity index (χ4v) is 3.11. The molecule has 0 saturated carbocycles. The summed E-state index contributed by atoms with van der Waals surface area (Å²) in [5, 5.41) is 9.81. The minimum atomic E-state index is -4.47. The lowest BCUT2D eigenvalue weighted by Crippen LogP contribution is -2.20. The zero-order chi connectivity index (χ0) is 20.9. The van der Waals surface area contributed by atoms with Crippen LogP contribution in [0.15, 0.2) is 53.9 Å². The number of rotatable bonds is 7. The fraction of sp³-hybridized carbons (Fsp3) is 0.211. The molecule has 0 aliphatic rings. The van der Waals surface area contributed by atoms with E-state index in [4.69, 9.17) is 4.74 Å². The summed E-state index contributed by atoms with van der Waals surface area (Å²) in [5.74, 6) is 0.167. The monoisotopic (exact) mass is 422 g/mol. The normalized spacial score (nSPS) is 11.3. The predicted octanol–water partition coefficient (Wildman–Crippen LogP) is 4.60. The smallest absolute Gasteiger partial charge is 0.422 e. The van der Waals surface area contributed by atoms with Gasteiger partial charge in [0.2, 0.25) is 0 Å². The molecule has 6 nitrogen and oxygen atoms in total. The zero-order valence-corrected chi connectivity index (χ0v) is 16.1. The van der Waals surface area contributed by atoms with E-state index in [-0.39, 0.29) is 11.4 Å². The number of aromatic nitrogens is 3. The van der Waals surface area contributed by atoms with Gasteiger partial charge in [-0.3, -0.25) is 9.89 Å². The number of benzene rings is 2. The highest BCUT2D eigenvalue weighted by atomic mass is 32.2. The molecule has 10 heteroatoms. The van der Waals surface area contributed by atoms with Gasteiger partial charge >= 0.3 is 6.18 Å². The number of carbonyl (C=O) groups is 1. The lowest BCUT2D eigenvalue weighted by molar-refractivity contribution is -0.153. The first kappa shape index (κ1) is 20.7. The third kappa shape index (κ3) is 6.24. The summed E-state index contributed by atoms with van der Waals surface area (Å²) in [6, 6.07) is 11.5. The van der Waals surface area contributed by atoms with E-state index in [2.05, 4.69) is 20.5 Å². The Kier molecular flexibility index (Phi) is 6.42. The molecule has 3 rings (SSSR count). The van der Waals surface area contributed by atoms with Crippen molar-refractivity contribution in [2.24, 2.45) is 0 Å². The van der Waals surface area contributed by atoms with Gasteiger partial charge in [-0.1, -0.05) is 30.0 Å². The number of ether oxygens (including phenoxy) is 1. The van der Waals surface area contributed by atoms with E-state index in [1.54, 1.807) is 37.3 Å². The second-order valence-electron chi connectivity index (χ2n) is 6.13. The first-order chi connectivity index (χ1) is 13.8. The van der Waals surface area contributed by atoms with E-state index in [9.17, 15) is 18.0 Å². The summed E-state index contributed by atoms with van der Waals surface area (Å²) in [6.45, 7) is 0.290. The highest BCUT2D eigenvalue weighted by Gasteiger charge is 2.29. The molecule has 2 aromatic carbocycles. The molecule has 0 aliphatic carbocycles. The van der Waals surface area contributed by atoms with Crippen LogP contribution in [0.3, 0.4) is 0 Å². The molecule has 0 saturated heterocycles. The molecule has 0 radical (unpaired) electrons. The number of H-pyrrole nitrogens is 1. The Balaban J connectivity index is 1.65. The molecule has 1 amide bonds. The highest BCUT2D eigenvalue weighted by Crippen LogP contribution is 2.28. The van der Waals surface area contributed by atoms with E-state index in [0.29, 0.717) is 22.0 Å². The van der Waals surface area contributed by atoms with Gasteiger partial charge in [0, 0.05) is 11.3 Å². The lowest BCUT2D eigenvalue weighted by Gasteiger charge is -2.15. The van der Waals surface area contributed by atoms with Crippen molar-refractivity contribution in [3.8, 4) is 5.75 Å². The number of nitrogens with one attached hydrogen (secondary N) is 2. The van der Waals surface area contributed by atoms with Crippen molar-refractivity contribution in [3.63, 3.8) is 0 Å². The van der Waals surface area contributed by atoms with E-state index < -0.39 is 18.7 Å². The van der Waals surface area contributed by atoms with Crippen LogP contribution in [-0.4, -0.2) is 33.9 Å². The van der Waals surface area contributed by atoms with Crippen molar-refractivity contribution < 1.29 is 22.7 Å². The van der Waals surface area contributed by atoms with Crippen molar-refractivity contribution in [3.05, 3.63) is 65.5 Å². The maximum atomic E-state index is 12.5. The molecule has 0 spiro atoms. The Morgan fingerprint density at radius 2 is 1.97 bits per heavy atom. The van der Waals surface area contributed by atoms with Crippen molar-refractivity contribution in [2.75, 3.05) is 11.9 Å². The fourth-order valence-electron chi connectivity index (χ4n) is 2.37. The lowest BCUT2D eigenvalue weighted by atomic mass is 10.1. The summed E-state index contributed by atoms with van der Waals surface area (Å²) >= 11 is 1.47. The van der Waals surface area contributed by atoms with Crippen LogP contribution in [-0.2, 0) is 5.75 Å². The maximum absolute atomic E-state index is 12.5. The quantitative estimate of drug-likeness (QED) is 0.544. The number of halogens is 3. The molecule has 0 aliphatic heterocycles. The molecule has 2 N–H and O–H groups in total. The molecule has 0 atom stereocenters. The summed E-state index contributed by atoms with van der Waals surface area (Å²) in [5.41, 5.74) is 2.25. The van der Waals surface area contributed by atoms with Crippen LogP contribution in [0.5, 0.6) is 5.75 Å². The van der Waals surface area contributed by atoms with Gasteiger partial charge in [-0.25, -0.2) is 4.98 Å². The number of carbonyl (C=O) groups excluding carboxylic acids is 1. The number of amides is 1. The number of aromatic amines is 1. The number of hydrogen-bond acceptors (Lipinski definition) is 5. The summed E-state index contributed by atoms with van der Waals surface area (Å²) in [7, 11) is 0.